The maximum absolute atomic E-state index is 11.5. The molecule has 106 valence electrons. The smallest absolute Gasteiger partial charge is 0.268 e. The lowest BCUT2D eigenvalue weighted by Crippen LogP contribution is -2.30. The molecule has 0 spiro atoms. The molecule has 0 saturated carbocycles. The minimum Gasteiger partial charge on any atom is -0.464 e. The normalized spacial score (nSPS) is 10.8. The fraction of sp³-hybridized carbons (Fsp3) is 0.286. The maximum atomic E-state index is 11.5. The van der Waals surface area contributed by atoms with E-state index in [1.54, 1.807) is 19.2 Å². The van der Waals surface area contributed by atoms with E-state index in [1.165, 1.54) is 0 Å². The van der Waals surface area contributed by atoms with Gasteiger partial charge in [-0.15, -0.1) is 0 Å². The van der Waals surface area contributed by atoms with Crippen LogP contribution >= 0.6 is 0 Å². The molecule has 0 aliphatic heterocycles. The number of nitrogens with zero attached hydrogens (tertiary/aromatic N) is 2. The molecule has 0 radical (unpaired) electrons. The van der Waals surface area contributed by atoms with E-state index in [0.29, 0.717) is 17.9 Å². The summed E-state index contributed by atoms with van der Waals surface area (Å²) in [6.07, 6.45) is 3.58. The van der Waals surface area contributed by atoms with Gasteiger partial charge in [0, 0.05) is 18.9 Å². The van der Waals surface area contributed by atoms with Gasteiger partial charge in [-0.3, -0.25) is 20.1 Å². The van der Waals surface area contributed by atoms with Gasteiger partial charge in [-0.25, -0.2) is 5.84 Å². The molecule has 0 fully saturated rings. The molecular formula is C14H18N4O2. The molecule has 6 nitrogen and oxygen atoms in total. The number of aromatic nitrogens is 1. The summed E-state index contributed by atoms with van der Waals surface area (Å²) < 4.78 is 5.57. The summed E-state index contributed by atoms with van der Waals surface area (Å²) in [7, 11) is 1.98. The van der Waals surface area contributed by atoms with E-state index in [9.17, 15) is 4.79 Å². The molecule has 20 heavy (non-hydrogen) atoms. The van der Waals surface area contributed by atoms with E-state index in [-0.39, 0.29) is 5.91 Å². The summed E-state index contributed by atoms with van der Waals surface area (Å²) in [5, 5.41) is 0. The quantitative estimate of drug-likeness (QED) is 0.486. The molecule has 2 rings (SSSR count). The Morgan fingerprint density at radius 1 is 1.50 bits per heavy atom. The highest BCUT2D eigenvalue weighted by atomic mass is 16.3. The van der Waals surface area contributed by atoms with Crippen molar-refractivity contribution in [1.82, 2.24) is 15.3 Å². The van der Waals surface area contributed by atoms with Crippen LogP contribution in [0.1, 0.15) is 27.4 Å². The summed E-state index contributed by atoms with van der Waals surface area (Å²) in [5.74, 6) is 6.08. The van der Waals surface area contributed by atoms with Crippen molar-refractivity contribution in [1.29, 1.82) is 0 Å². The Balaban J connectivity index is 2.01. The van der Waals surface area contributed by atoms with Crippen LogP contribution in [0.25, 0.3) is 0 Å². The van der Waals surface area contributed by atoms with Gasteiger partial charge in [0.2, 0.25) is 0 Å². The van der Waals surface area contributed by atoms with Gasteiger partial charge in [0.25, 0.3) is 5.91 Å². The largest absolute Gasteiger partial charge is 0.464 e. The molecule has 2 aromatic rings. The van der Waals surface area contributed by atoms with Crippen molar-refractivity contribution in [3.63, 3.8) is 0 Å². The molecule has 0 bridgehead atoms. The van der Waals surface area contributed by atoms with Crippen LogP contribution in [0.2, 0.25) is 0 Å². The van der Waals surface area contributed by atoms with Crippen molar-refractivity contribution in [2.75, 3.05) is 7.05 Å². The SMILES string of the molecule is Cc1oc(CN(C)Cc2cccnc2)cc1C(=O)NN. The van der Waals surface area contributed by atoms with E-state index in [4.69, 9.17) is 10.3 Å². The van der Waals surface area contributed by atoms with E-state index in [1.807, 2.05) is 25.4 Å². The van der Waals surface area contributed by atoms with Crippen molar-refractivity contribution in [2.45, 2.75) is 20.0 Å². The van der Waals surface area contributed by atoms with Crippen LogP contribution in [0.3, 0.4) is 0 Å². The number of hydrazine groups is 1. The second kappa shape index (κ2) is 6.31. The van der Waals surface area contributed by atoms with Crippen molar-refractivity contribution < 1.29 is 9.21 Å². The van der Waals surface area contributed by atoms with Gasteiger partial charge < -0.3 is 4.42 Å². The Bertz CT molecular complexity index is 580. The van der Waals surface area contributed by atoms with E-state index in [0.717, 1.165) is 17.9 Å². The van der Waals surface area contributed by atoms with Gasteiger partial charge in [-0.05, 0) is 31.7 Å². The first-order chi connectivity index (χ1) is 9.60. The molecule has 0 atom stereocenters. The zero-order chi connectivity index (χ0) is 14.5. The van der Waals surface area contributed by atoms with E-state index < -0.39 is 0 Å². The minimum absolute atomic E-state index is 0.340. The summed E-state index contributed by atoms with van der Waals surface area (Å²) >= 11 is 0. The second-order valence-corrected chi connectivity index (χ2v) is 4.69. The van der Waals surface area contributed by atoms with Gasteiger partial charge in [0.05, 0.1) is 12.1 Å². The van der Waals surface area contributed by atoms with Gasteiger partial charge in [-0.2, -0.15) is 0 Å². The van der Waals surface area contributed by atoms with Crippen LogP contribution in [-0.4, -0.2) is 22.8 Å². The Kier molecular flexibility index (Phi) is 4.49. The highest BCUT2D eigenvalue weighted by Gasteiger charge is 2.15. The summed E-state index contributed by atoms with van der Waals surface area (Å²) in [5.41, 5.74) is 3.70. The number of pyridine rings is 1. The molecule has 1 amide bonds. The van der Waals surface area contributed by atoms with Crippen molar-refractivity contribution >= 4 is 5.91 Å². The van der Waals surface area contributed by atoms with Crippen LogP contribution in [-0.2, 0) is 13.1 Å². The molecule has 0 unspecified atom stereocenters. The van der Waals surface area contributed by atoms with Crippen molar-refractivity contribution in [3.8, 4) is 0 Å². The van der Waals surface area contributed by atoms with Crippen LogP contribution in [0.5, 0.6) is 0 Å². The fourth-order valence-electron chi connectivity index (χ4n) is 2.05. The second-order valence-electron chi connectivity index (χ2n) is 4.69. The maximum Gasteiger partial charge on any atom is 0.268 e. The fourth-order valence-corrected chi connectivity index (χ4v) is 2.05. The number of hydrogen-bond donors (Lipinski definition) is 2. The van der Waals surface area contributed by atoms with E-state index in [2.05, 4.69) is 15.3 Å². The van der Waals surface area contributed by atoms with Crippen LogP contribution < -0.4 is 11.3 Å². The number of amides is 1. The predicted octanol–water partition coefficient (Wildman–Crippen LogP) is 1.22. The highest BCUT2D eigenvalue weighted by molar-refractivity contribution is 5.94. The minimum atomic E-state index is -0.340. The molecule has 0 aromatic carbocycles. The summed E-state index contributed by atoms with van der Waals surface area (Å²) in [4.78, 5) is 17.7. The molecule has 6 heteroatoms. The first kappa shape index (κ1) is 14.2. The zero-order valence-corrected chi connectivity index (χ0v) is 11.6. The molecule has 0 saturated heterocycles. The number of hydrogen-bond acceptors (Lipinski definition) is 5. The lowest BCUT2D eigenvalue weighted by Gasteiger charge is -2.14. The van der Waals surface area contributed by atoms with Crippen molar-refractivity contribution in [3.05, 3.63) is 53.2 Å². The third kappa shape index (κ3) is 3.43. The lowest BCUT2D eigenvalue weighted by molar-refractivity contribution is 0.0952. The summed E-state index contributed by atoms with van der Waals surface area (Å²) in [6.45, 7) is 3.11. The number of nitrogens with two attached hydrogens (primary N) is 1. The number of rotatable bonds is 5. The molecule has 2 aromatic heterocycles. The summed E-state index contributed by atoms with van der Waals surface area (Å²) in [6, 6.07) is 5.64. The predicted molar refractivity (Wildman–Crippen MR) is 74.5 cm³/mol. The number of carbonyl (C=O) groups is 1. The van der Waals surface area contributed by atoms with Gasteiger partial charge in [-0.1, -0.05) is 6.07 Å². The van der Waals surface area contributed by atoms with Crippen molar-refractivity contribution in [2.24, 2.45) is 5.84 Å². The van der Waals surface area contributed by atoms with Crippen LogP contribution in [0, 0.1) is 6.92 Å². The zero-order valence-electron chi connectivity index (χ0n) is 11.6. The van der Waals surface area contributed by atoms with E-state index >= 15 is 0 Å². The third-order valence-corrected chi connectivity index (χ3v) is 2.95. The van der Waals surface area contributed by atoms with Crippen LogP contribution in [0.4, 0.5) is 0 Å². The number of aryl methyl sites for hydroxylation is 1. The molecular weight excluding hydrogens is 256 g/mol. The number of nitrogen functional groups attached to an aromatic ring is 1. The standard InChI is InChI=1S/C14H18N4O2/c1-10-13(14(19)17-15)6-12(20-10)9-18(2)8-11-4-3-5-16-7-11/h3-7H,8-9,15H2,1-2H3,(H,17,19). The average molecular weight is 274 g/mol. The Labute approximate surface area is 117 Å². The number of nitrogens with one attached hydrogen (secondary N) is 1. The Hall–Kier alpha value is -2.18. The first-order valence-corrected chi connectivity index (χ1v) is 6.28. The number of carbonyl (C=O) groups excluding carboxylic acids is 1. The molecule has 0 aliphatic carbocycles. The lowest BCUT2D eigenvalue weighted by atomic mass is 10.2. The monoisotopic (exact) mass is 274 g/mol. The molecule has 3 N–H and O–H groups in total. The number of furan rings is 1. The van der Waals surface area contributed by atoms with Crippen LogP contribution in [0.15, 0.2) is 35.0 Å². The van der Waals surface area contributed by atoms with Gasteiger partial charge in [0.15, 0.2) is 0 Å². The first-order valence-electron chi connectivity index (χ1n) is 6.28. The third-order valence-electron chi connectivity index (χ3n) is 2.95. The Morgan fingerprint density at radius 2 is 2.30 bits per heavy atom. The topological polar surface area (TPSA) is 84.4 Å². The van der Waals surface area contributed by atoms with Gasteiger partial charge in [0.1, 0.15) is 11.5 Å². The molecule has 2 heterocycles. The highest BCUT2D eigenvalue weighted by Crippen LogP contribution is 2.16. The Morgan fingerprint density at radius 3 is 2.95 bits per heavy atom. The van der Waals surface area contributed by atoms with Gasteiger partial charge >= 0.3 is 0 Å². The average Bonchev–Trinajstić information content (AvgIpc) is 2.79. The molecule has 0 aliphatic rings.